The zero-order chi connectivity index (χ0) is 10.4. The number of benzene rings is 1. The summed E-state index contributed by atoms with van der Waals surface area (Å²) in [4.78, 5) is 4.26. The van der Waals surface area contributed by atoms with E-state index in [9.17, 15) is 5.11 Å². The van der Waals surface area contributed by atoms with E-state index in [0.717, 1.165) is 23.9 Å². The van der Waals surface area contributed by atoms with Crippen LogP contribution in [0.3, 0.4) is 0 Å². The van der Waals surface area contributed by atoms with Crippen LogP contribution in [0.4, 0.5) is 0 Å². The van der Waals surface area contributed by atoms with Crippen molar-refractivity contribution in [3.8, 4) is 5.75 Å². The lowest BCUT2D eigenvalue weighted by Gasteiger charge is -2.34. The van der Waals surface area contributed by atoms with Gasteiger partial charge in [0.25, 0.3) is 0 Å². The molecule has 0 saturated heterocycles. The van der Waals surface area contributed by atoms with Crippen molar-refractivity contribution >= 4 is 11.0 Å². The van der Waals surface area contributed by atoms with Crippen molar-refractivity contribution in [2.45, 2.75) is 24.9 Å². The number of rotatable bonds is 1. The minimum absolute atomic E-state index is 0.246. The molecule has 1 fully saturated rings. The van der Waals surface area contributed by atoms with E-state index in [2.05, 4.69) is 9.55 Å². The van der Waals surface area contributed by atoms with Crippen molar-refractivity contribution in [1.29, 1.82) is 0 Å². The first-order chi connectivity index (χ1) is 7.25. The van der Waals surface area contributed by atoms with Crippen molar-refractivity contribution in [1.82, 2.24) is 9.55 Å². The Morgan fingerprint density at radius 1 is 1.40 bits per heavy atom. The molecule has 15 heavy (non-hydrogen) atoms. The molecule has 3 rings (SSSR count). The summed E-state index contributed by atoms with van der Waals surface area (Å²) >= 11 is 0. The molecule has 0 amide bonds. The average Bonchev–Trinajstić information content (AvgIpc) is 2.59. The van der Waals surface area contributed by atoms with Gasteiger partial charge in [0.1, 0.15) is 5.75 Å². The summed E-state index contributed by atoms with van der Waals surface area (Å²) in [5.74, 6) is 0.255. The van der Waals surface area contributed by atoms with E-state index in [4.69, 9.17) is 5.73 Å². The number of hydrogen-bond donors (Lipinski definition) is 2. The highest BCUT2D eigenvalue weighted by Crippen LogP contribution is 2.33. The summed E-state index contributed by atoms with van der Waals surface area (Å²) in [5, 5.41) is 9.33. The Morgan fingerprint density at radius 3 is 2.93 bits per heavy atom. The molecular formula is C11H13N3O. The smallest absolute Gasteiger partial charge is 0.117 e. The fraction of sp³-hybridized carbons (Fsp3) is 0.364. The molecule has 2 aromatic rings. The highest BCUT2D eigenvalue weighted by molar-refractivity contribution is 5.77. The second-order valence-electron chi connectivity index (χ2n) is 4.13. The molecule has 0 spiro atoms. The first-order valence-electron chi connectivity index (χ1n) is 5.17. The van der Waals surface area contributed by atoms with Gasteiger partial charge in [0.15, 0.2) is 0 Å². The summed E-state index contributed by atoms with van der Waals surface area (Å²) in [6, 6.07) is 5.87. The molecule has 2 atom stereocenters. The van der Waals surface area contributed by atoms with Crippen molar-refractivity contribution in [2.24, 2.45) is 5.73 Å². The molecule has 3 N–H and O–H groups in total. The lowest BCUT2D eigenvalue weighted by atomic mass is 9.87. The number of fused-ring (bicyclic) bond motifs is 1. The summed E-state index contributed by atoms with van der Waals surface area (Å²) in [7, 11) is 0. The molecule has 1 unspecified atom stereocenters. The molecule has 78 valence electrons. The van der Waals surface area contributed by atoms with E-state index in [1.807, 2.05) is 12.4 Å². The zero-order valence-electron chi connectivity index (χ0n) is 8.30. The average molecular weight is 203 g/mol. The van der Waals surface area contributed by atoms with E-state index < -0.39 is 0 Å². The van der Waals surface area contributed by atoms with E-state index in [-0.39, 0.29) is 11.8 Å². The van der Waals surface area contributed by atoms with Gasteiger partial charge in [-0.05, 0) is 25.0 Å². The Hall–Kier alpha value is -1.55. The zero-order valence-corrected chi connectivity index (χ0v) is 8.30. The second kappa shape index (κ2) is 2.97. The molecule has 1 saturated carbocycles. The van der Waals surface area contributed by atoms with Gasteiger partial charge >= 0.3 is 0 Å². The van der Waals surface area contributed by atoms with Gasteiger partial charge in [0.05, 0.1) is 23.4 Å². The summed E-state index contributed by atoms with van der Waals surface area (Å²) in [5.41, 5.74) is 7.81. The van der Waals surface area contributed by atoms with Crippen molar-refractivity contribution < 1.29 is 5.11 Å². The van der Waals surface area contributed by atoms with Gasteiger partial charge in [-0.2, -0.15) is 0 Å². The van der Waals surface area contributed by atoms with E-state index in [1.54, 1.807) is 12.1 Å². The lowest BCUT2D eigenvalue weighted by molar-refractivity contribution is 0.264. The minimum Gasteiger partial charge on any atom is -0.508 e. The molecule has 1 aliphatic carbocycles. The largest absolute Gasteiger partial charge is 0.508 e. The van der Waals surface area contributed by atoms with Gasteiger partial charge < -0.3 is 15.4 Å². The van der Waals surface area contributed by atoms with Gasteiger partial charge in [-0.25, -0.2) is 4.98 Å². The SMILES string of the molecule is N[C@@H]1CCC1n1cnc2cc(O)ccc21. The number of aromatic nitrogens is 2. The molecule has 0 bridgehead atoms. The fourth-order valence-corrected chi connectivity index (χ4v) is 2.14. The van der Waals surface area contributed by atoms with Crippen LogP contribution in [0.1, 0.15) is 18.9 Å². The fourth-order valence-electron chi connectivity index (χ4n) is 2.14. The van der Waals surface area contributed by atoms with Crippen LogP contribution in [0.2, 0.25) is 0 Å². The van der Waals surface area contributed by atoms with E-state index >= 15 is 0 Å². The maximum absolute atomic E-state index is 9.33. The predicted octanol–water partition coefficient (Wildman–Crippen LogP) is 1.40. The van der Waals surface area contributed by atoms with Crippen LogP contribution < -0.4 is 5.73 Å². The van der Waals surface area contributed by atoms with Crippen molar-refractivity contribution in [3.63, 3.8) is 0 Å². The molecule has 4 heteroatoms. The van der Waals surface area contributed by atoms with Crippen LogP contribution >= 0.6 is 0 Å². The van der Waals surface area contributed by atoms with Gasteiger partial charge in [0, 0.05) is 12.1 Å². The Kier molecular flexibility index (Phi) is 1.73. The molecule has 0 radical (unpaired) electrons. The van der Waals surface area contributed by atoms with Gasteiger partial charge in [-0.1, -0.05) is 0 Å². The van der Waals surface area contributed by atoms with Crippen molar-refractivity contribution in [2.75, 3.05) is 0 Å². The molecule has 0 aliphatic heterocycles. The number of hydrogen-bond acceptors (Lipinski definition) is 3. The maximum Gasteiger partial charge on any atom is 0.117 e. The van der Waals surface area contributed by atoms with Crippen LogP contribution in [0.25, 0.3) is 11.0 Å². The summed E-state index contributed by atoms with van der Waals surface area (Å²) in [6.45, 7) is 0. The molecule has 1 aliphatic rings. The highest BCUT2D eigenvalue weighted by atomic mass is 16.3. The Morgan fingerprint density at radius 2 is 2.27 bits per heavy atom. The number of nitrogens with two attached hydrogens (primary N) is 1. The van der Waals surface area contributed by atoms with Crippen LogP contribution in [-0.2, 0) is 0 Å². The monoisotopic (exact) mass is 203 g/mol. The van der Waals surface area contributed by atoms with Crippen LogP contribution in [0.15, 0.2) is 24.5 Å². The van der Waals surface area contributed by atoms with Gasteiger partial charge in [0.2, 0.25) is 0 Å². The third-order valence-electron chi connectivity index (χ3n) is 3.21. The van der Waals surface area contributed by atoms with E-state index in [0.29, 0.717) is 6.04 Å². The first kappa shape index (κ1) is 8.73. The number of imidazole rings is 1. The summed E-state index contributed by atoms with van der Waals surface area (Å²) in [6.07, 6.45) is 4.02. The summed E-state index contributed by atoms with van der Waals surface area (Å²) < 4.78 is 2.11. The van der Waals surface area contributed by atoms with Crippen LogP contribution in [0.5, 0.6) is 5.75 Å². The minimum atomic E-state index is 0.246. The van der Waals surface area contributed by atoms with Crippen LogP contribution in [-0.4, -0.2) is 20.7 Å². The molecular weight excluding hydrogens is 190 g/mol. The van der Waals surface area contributed by atoms with Gasteiger partial charge in [-0.15, -0.1) is 0 Å². The predicted molar refractivity (Wildman–Crippen MR) is 57.6 cm³/mol. The van der Waals surface area contributed by atoms with Crippen molar-refractivity contribution in [3.05, 3.63) is 24.5 Å². The lowest BCUT2D eigenvalue weighted by Crippen LogP contribution is -2.40. The first-order valence-corrected chi connectivity index (χ1v) is 5.17. The third-order valence-corrected chi connectivity index (χ3v) is 3.21. The highest BCUT2D eigenvalue weighted by Gasteiger charge is 2.29. The normalized spacial score (nSPS) is 25.4. The van der Waals surface area contributed by atoms with Crippen LogP contribution in [0, 0.1) is 0 Å². The molecule has 1 aromatic heterocycles. The molecule has 1 aromatic carbocycles. The van der Waals surface area contributed by atoms with E-state index in [1.165, 1.54) is 0 Å². The number of aromatic hydroxyl groups is 1. The number of phenolic OH excluding ortho intramolecular Hbond substituents is 1. The second-order valence-corrected chi connectivity index (χ2v) is 4.13. The Labute approximate surface area is 87.3 Å². The quantitative estimate of drug-likeness (QED) is 0.736. The number of phenols is 1. The third kappa shape index (κ3) is 1.22. The molecule has 4 nitrogen and oxygen atoms in total. The van der Waals surface area contributed by atoms with Gasteiger partial charge in [-0.3, -0.25) is 0 Å². The number of nitrogens with zero attached hydrogens (tertiary/aromatic N) is 2. The Balaban J connectivity index is 2.12. The topological polar surface area (TPSA) is 64.1 Å². The maximum atomic E-state index is 9.33. The standard InChI is InChI=1S/C11H13N3O/c12-8-2-4-10(8)14-6-13-9-5-7(15)1-3-11(9)14/h1,3,5-6,8,10,15H,2,4,12H2/t8-,10?/m1/s1. The Bertz CT molecular complexity index is 506. The molecule has 1 heterocycles.